The molecule has 0 heterocycles. The lowest BCUT2D eigenvalue weighted by Gasteiger charge is -2.00. The highest BCUT2D eigenvalue weighted by atomic mass is 35.5. The van der Waals surface area contributed by atoms with Crippen LogP contribution < -0.4 is 0 Å². The smallest absolute Gasteiger partial charge is 0.0870 e. The predicted octanol–water partition coefficient (Wildman–Crippen LogP) is 2.35. The lowest BCUT2D eigenvalue weighted by Crippen LogP contribution is -2.12. The van der Waals surface area contributed by atoms with Crippen molar-refractivity contribution in [3.8, 4) is 0 Å². The summed E-state index contributed by atoms with van der Waals surface area (Å²) in [5.41, 5.74) is 0.907. The van der Waals surface area contributed by atoms with Crippen molar-refractivity contribution < 1.29 is 5.11 Å². The topological polar surface area (TPSA) is 32.6 Å². The first-order valence-electron chi connectivity index (χ1n) is 4.43. The molecule has 0 rings (SSSR count). The van der Waals surface area contributed by atoms with Crippen LogP contribution in [0.4, 0.5) is 0 Å². The molecule has 0 aromatic carbocycles. The highest BCUT2D eigenvalue weighted by Crippen LogP contribution is 1.94. The van der Waals surface area contributed by atoms with Crippen molar-refractivity contribution in [2.75, 3.05) is 12.4 Å². The molecule has 1 unspecified atom stereocenters. The Hall–Kier alpha value is -0.860. The minimum atomic E-state index is -0.569. The van der Waals surface area contributed by atoms with E-state index in [9.17, 15) is 0 Å². The fourth-order valence-corrected chi connectivity index (χ4v) is 0.797. The second kappa shape index (κ2) is 8.73. The first-order valence-corrected chi connectivity index (χ1v) is 4.97. The van der Waals surface area contributed by atoms with Crippen molar-refractivity contribution in [1.82, 2.24) is 0 Å². The monoisotopic (exact) mass is 213 g/mol. The van der Waals surface area contributed by atoms with Crippen LogP contribution in [-0.2, 0) is 0 Å². The summed E-state index contributed by atoms with van der Waals surface area (Å²) in [7, 11) is 0. The van der Waals surface area contributed by atoms with E-state index in [1.807, 2.05) is 25.2 Å². The van der Waals surface area contributed by atoms with Crippen molar-refractivity contribution in [1.29, 1.82) is 0 Å². The number of hydrogen-bond donors (Lipinski definition) is 1. The molecule has 0 aliphatic rings. The Bertz CT molecular complexity index is 244. The van der Waals surface area contributed by atoms with E-state index < -0.39 is 6.10 Å². The van der Waals surface area contributed by atoms with Crippen molar-refractivity contribution in [3.63, 3.8) is 0 Å². The van der Waals surface area contributed by atoms with Gasteiger partial charge >= 0.3 is 0 Å². The molecule has 0 bridgehead atoms. The molecular formula is C11H16ClNO. The van der Waals surface area contributed by atoms with E-state index in [0.717, 1.165) is 5.57 Å². The van der Waals surface area contributed by atoms with Crippen molar-refractivity contribution in [2.45, 2.75) is 13.0 Å². The normalized spacial score (nSPS) is 15.2. The first kappa shape index (κ1) is 13.1. The maximum absolute atomic E-state index is 9.11. The van der Waals surface area contributed by atoms with Gasteiger partial charge in [-0.15, -0.1) is 11.6 Å². The zero-order valence-corrected chi connectivity index (χ0v) is 9.11. The maximum Gasteiger partial charge on any atom is 0.0870 e. The van der Waals surface area contributed by atoms with Crippen molar-refractivity contribution in [3.05, 3.63) is 36.5 Å². The summed E-state index contributed by atoms with van der Waals surface area (Å²) >= 11 is 5.41. The predicted molar refractivity (Wildman–Crippen MR) is 63.2 cm³/mol. The fourth-order valence-electron chi connectivity index (χ4n) is 0.700. The van der Waals surface area contributed by atoms with Crippen molar-refractivity contribution in [2.24, 2.45) is 4.99 Å². The summed E-state index contributed by atoms with van der Waals surface area (Å²) in [4.78, 5) is 4.03. The quantitative estimate of drug-likeness (QED) is 0.410. The van der Waals surface area contributed by atoms with E-state index in [-0.39, 0.29) is 5.88 Å². The number of aliphatic hydroxyl groups excluding tert-OH is 1. The third-order valence-electron chi connectivity index (χ3n) is 1.45. The Morgan fingerprint density at radius 1 is 1.64 bits per heavy atom. The molecule has 0 aliphatic carbocycles. The highest BCUT2D eigenvalue weighted by molar-refractivity contribution is 6.18. The Morgan fingerprint density at radius 3 is 2.86 bits per heavy atom. The zero-order chi connectivity index (χ0) is 10.8. The highest BCUT2D eigenvalue weighted by Gasteiger charge is 1.97. The fraction of sp³-hybridized carbons (Fsp3) is 0.364. The van der Waals surface area contributed by atoms with Gasteiger partial charge in [-0.05, 0) is 12.5 Å². The van der Waals surface area contributed by atoms with E-state index in [4.69, 9.17) is 16.7 Å². The van der Waals surface area contributed by atoms with Crippen LogP contribution in [0, 0.1) is 0 Å². The van der Waals surface area contributed by atoms with Gasteiger partial charge in [0, 0.05) is 6.21 Å². The molecule has 0 aromatic rings. The van der Waals surface area contributed by atoms with Gasteiger partial charge in [-0.3, -0.25) is 4.99 Å². The molecule has 0 radical (unpaired) electrons. The Morgan fingerprint density at radius 2 is 2.36 bits per heavy atom. The summed E-state index contributed by atoms with van der Waals surface area (Å²) in [6.45, 7) is 5.91. The lowest BCUT2D eigenvalue weighted by atomic mass is 10.2. The first-order chi connectivity index (χ1) is 6.74. The number of allylic oxidation sites excluding steroid dienone is 5. The van der Waals surface area contributed by atoms with Gasteiger partial charge in [-0.2, -0.15) is 0 Å². The van der Waals surface area contributed by atoms with E-state index in [0.29, 0.717) is 6.54 Å². The second-order valence-corrected chi connectivity index (χ2v) is 3.01. The number of aliphatic imine (C=N–C) groups is 1. The molecule has 0 amide bonds. The Kier molecular flexibility index (Phi) is 8.19. The van der Waals surface area contributed by atoms with Crippen LogP contribution in [0.3, 0.4) is 0 Å². The van der Waals surface area contributed by atoms with Gasteiger partial charge in [0.25, 0.3) is 0 Å². The van der Waals surface area contributed by atoms with Crippen LogP contribution in [-0.4, -0.2) is 29.8 Å². The largest absolute Gasteiger partial charge is 0.390 e. The van der Waals surface area contributed by atoms with Gasteiger partial charge in [0.2, 0.25) is 0 Å². The van der Waals surface area contributed by atoms with E-state index in [1.165, 1.54) is 0 Å². The van der Waals surface area contributed by atoms with Gasteiger partial charge in [-0.1, -0.05) is 30.9 Å². The van der Waals surface area contributed by atoms with E-state index in [1.54, 1.807) is 12.3 Å². The molecule has 0 aromatic heterocycles. The minimum absolute atomic E-state index is 0.208. The van der Waals surface area contributed by atoms with Gasteiger partial charge in [0.1, 0.15) is 0 Å². The van der Waals surface area contributed by atoms with Crippen LogP contribution in [0.5, 0.6) is 0 Å². The summed E-state index contributed by atoms with van der Waals surface area (Å²) in [5, 5.41) is 9.11. The van der Waals surface area contributed by atoms with Crippen LogP contribution in [0.2, 0.25) is 0 Å². The van der Waals surface area contributed by atoms with Crippen LogP contribution in [0.15, 0.2) is 41.4 Å². The molecule has 0 fully saturated rings. The average Bonchev–Trinajstić information content (AvgIpc) is 2.22. The van der Waals surface area contributed by atoms with Crippen LogP contribution in [0.1, 0.15) is 6.92 Å². The number of hydrogen-bond acceptors (Lipinski definition) is 2. The van der Waals surface area contributed by atoms with Gasteiger partial charge in [-0.25, -0.2) is 0 Å². The number of nitrogens with zero attached hydrogens (tertiary/aromatic N) is 1. The third-order valence-corrected chi connectivity index (χ3v) is 1.81. The second-order valence-electron chi connectivity index (χ2n) is 2.70. The van der Waals surface area contributed by atoms with Gasteiger partial charge in [0.15, 0.2) is 0 Å². The van der Waals surface area contributed by atoms with Crippen LogP contribution in [0.25, 0.3) is 0 Å². The molecule has 0 saturated heterocycles. The summed E-state index contributed by atoms with van der Waals surface area (Å²) < 4.78 is 0. The molecule has 2 nitrogen and oxygen atoms in total. The molecule has 3 heteroatoms. The van der Waals surface area contributed by atoms with Crippen LogP contribution >= 0.6 is 11.6 Å². The number of halogens is 1. The van der Waals surface area contributed by atoms with Gasteiger partial charge < -0.3 is 5.11 Å². The summed E-state index contributed by atoms with van der Waals surface area (Å²) in [6.07, 6.45) is 8.52. The zero-order valence-electron chi connectivity index (χ0n) is 8.36. The summed E-state index contributed by atoms with van der Waals surface area (Å²) in [5.74, 6) is 0.208. The minimum Gasteiger partial charge on any atom is -0.390 e. The standard InChI is InChI=1S/C11H16ClNO/c1-3-5-6-10(4-2)8-13-9-11(14)7-12/h3-6,8,11,14H,2,7,9H2,1H3/b5-3-,10-6+,13-8?. The molecule has 0 saturated carbocycles. The number of rotatable bonds is 6. The molecule has 1 atom stereocenters. The molecule has 78 valence electrons. The van der Waals surface area contributed by atoms with Crippen molar-refractivity contribution >= 4 is 17.8 Å². The molecule has 14 heavy (non-hydrogen) atoms. The Balaban J connectivity index is 4.11. The lowest BCUT2D eigenvalue weighted by molar-refractivity contribution is 0.207. The van der Waals surface area contributed by atoms with E-state index >= 15 is 0 Å². The van der Waals surface area contributed by atoms with E-state index in [2.05, 4.69) is 11.6 Å². The molecule has 0 aliphatic heterocycles. The number of alkyl halides is 1. The Labute approximate surface area is 90.3 Å². The van der Waals surface area contributed by atoms with Gasteiger partial charge in [0.05, 0.1) is 18.5 Å². The maximum atomic E-state index is 9.11. The average molecular weight is 214 g/mol. The third kappa shape index (κ3) is 6.63. The molecule has 1 N–H and O–H groups in total. The summed E-state index contributed by atoms with van der Waals surface area (Å²) in [6, 6.07) is 0. The number of aliphatic hydroxyl groups is 1. The molecule has 0 spiro atoms. The SMILES string of the molecule is C=C/C(C=NCC(O)CCl)=C\C=C/C. The molecular weight excluding hydrogens is 198 g/mol.